The van der Waals surface area contributed by atoms with E-state index in [9.17, 15) is 19.2 Å². The Kier molecular flexibility index (Phi) is 11.4. The molecule has 2 aliphatic rings. The first kappa shape index (κ1) is 33.5. The smallest absolute Gasteiger partial charge is 0.253 e. The summed E-state index contributed by atoms with van der Waals surface area (Å²) in [5, 5.41) is 11.2. The number of anilines is 1. The maximum absolute atomic E-state index is 15.5. The molecule has 0 spiro atoms. The minimum absolute atomic E-state index is 0.00198. The number of carbonyl (C=O) groups excluding carboxylic acids is 4. The lowest BCUT2D eigenvalue weighted by Crippen LogP contribution is -2.54. The molecule has 5 rings (SSSR count). The van der Waals surface area contributed by atoms with Gasteiger partial charge in [-0.05, 0) is 49.6 Å². The van der Waals surface area contributed by atoms with Crippen molar-refractivity contribution < 1.29 is 23.6 Å². The first-order valence-electron chi connectivity index (χ1n) is 16.4. The second-order valence-electron chi connectivity index (χ2n) is 12.5. The van der Waals surface area contributed by atoms with E-state index < -0.39 is 23.8 Å². The number of hydrogen-bond donors (Lipinski definition) is 3. The van der Waals surface area contributed by atoms with Crippen molar-refractivity contribution >= 4 is 50.7 Å². The number of likely N-dealkylation sites (N-methyl/N-ethyl adjacent to an activating group) is 1. The number of piperazine rings is 1. The van der Waals surface area contributed by atoms with Crippen LogP contribution in [0.15, 0.2) is 47.8 Å². The van der Waals surface area contributed by atoms with E-state index in [0.29, 0.717) is 24.2 Å². The van der Waals surface area contributed by atoms with Crippen molar-refractivity contribution in [3.05, 3.63) is 64.8 Å². The summed E-state index contributed by atoms with van der Waals surface area (Å²) in [6, 6.07) is 10.5. The number of halogens is 1. The molecular weight excluding hydrogens is 605 g/mol. The first-order valence-corrected chi connectivity index (χ1v) is 17.2. The molecule has 2 atom stereocenters. The average Bonchev–Trinajstić information content (AvgIpc) is 3.31. The van der Waals surface area contributed by atoms with E-state index >= 15 is 4.39 Å². The molecule has 0 bridgehead atoms. The SMILES string of the molecule is CCC(=O)N[C@H](Cc1ccc(NC(=O)[C@@H](NC(=O)c2csc3ccccc23)C2CCCCCC2)c(F)c1)C(=O)N1CCN(C)CC1. The summed E-state index contributed by atoms with van der Waals surface area (Å²) in [5.74, 6) is -1.92. The summed E-state index contributed by atoms with van der Waals surface area (Å²) in [7, 11) is 2.00. The highest BCUT2D eigenvalue weighted by atomic mass is 32.1. The van der Waals surface area contributed by atoms with Crippen LogP contribution >= 0.6 is 11.3 Å². The quantitative estimate of drug-likeness (QED) is 0.269. The average molecular weight is 650 g/mol. The van der Waals surface area contributed by atoms with Gasteiger partial charge in [-0.15, -0.1) is 11.3 Å². The van der Waals surface area contributed by atoms with Gasteiger partial charge >= 0.3 is 0 Å². The van der Waals surface area contributed by atoms with Crippen molar-refractivity contribution in [3.63, 3.8) is 0 Å². The third-order valence-electron chi connectivity index (χ3n) is 9.17. The Bertz CT molecular complexity index is 1540. The molecule has 0 radical (unpaired) electrons. The fraction of sp³-hybridized carbons (Fsp3) is 0.486. The maximum Gasteiger partial charge on any atom is 0.253 e. The second-order valence-corrected chi connectivity index (χ2v) is 13.4. The van der Waals surface area contributed by atoms with Crippen LogP contribution in [0.5, 0.6) is 0 Å². The molecule has 2 aromatic carbocycles. The monoisotopic (exact) mass is 649 g/mol. The minimum atomic E-state index is -0.821. The molecule has 1 saturated heterocycles. The van der Waals surface area contributed by atoms with Crippen LogP contribution in [0.1, 0.15) is 67.8 Å². The van der Waals surface area contributed by atoms with Gasteiger partial charge in [0, 0.05) is 54.5 Å². The number of hydrogen-bond acceptors (Lipinski definition) is 6. The van der Waals surface area contributed by atoms with Crippen molar-refractivity contribution in [2.45, 2.75) is 70.4 Å². The summed E-state index contributed by atoms with van der Waals surface area (Å²) < 4.78 is 16.5. The highest BCUT2D eigenvalue weighted by Gasteiger charge is 2.32. The van der Waals surface area contributed by atoms with E-state index in [2.05, 4.69) is 20.9 Å². The number of amides is 4. The predicted octanol–water partition coefficient (Wildman–Crippen LogP) is 4.96. The number of benzene rings is 2. The largest absolute Gasteiger partial charge is 0.344 e. The lowest BCUT2D eigenvalue weighted by Gasteiger charge is -2.34. The number of carbonyl (C=O) groups is 4. The molecule has 1 aliphatic carbocycles. The number of nitrogens with zero attached hydrogens (tertiary/aromatic N) is 2. The highest BCUT2D eigenvalue weighted by molar-refractivity contribution is 7.17. The van der Waals surface area contributed by atoms with E-state index in [1.165, 1.54) is 23.5 Å². The van der Waals surface area contributed by atoms with Gasteiger partial charge < -0.3 is 25.8 Å². The molecule has 246 valence electrons. The molecule has 3 aromatic rings. The Balaban J connectivity index is 1.31. The molecule has 1 aromatic heterocycles. The molecule has 2 heterocycles. The fourth-order valence-electron chi connectivity index (χ4n) is 6.39. The van der Waals surface area contributed by atoms with Crippen molar-refractivity contribution in [2.75, 3.05) is 38.5 Å². The summed E-state index contributed by atoms with van der Waals surface area (Å²) in [4.78, 5) is 56.8. The lowest BCUT2D eigenvalue weighted by atomic mass is 9.90. The molecule has 2 fully saturated rings. The molecule has 1 saturated carbocycles. The van der Waals surface area contributed by atoms with Gasteiger partial charge in [0.15, 0.2) is 0 Å². The standard InChI is InChI=1S/C35H44FN5O4S/c1-3-31(42)37-29(35(45)41-18-16-40(2)17-19-41)21-23-14-15-28(27(36)20-23)38-34(44)32(24-10-6-4-5-7-11-24)39-33(43)26-22-46-30-13-9-8-12-25(26)30/h8-9,12-15,20,22,24,29,32H,3-7,10-11,16-19,21H2,1-2H3,(H,37,42)(H,38,44)(H,39,43)/t29-,32+/m1/s1. The van der Waals surface area contributed by atoms with E-state index in [0.717, 1.165) is 61.7 Å². The van der Waals surface area contributed by atoms with Crippen molar-refractivity contribution in [2.24, 2.45) is 5.92 Å². The van der Waals surface area contributed by atoms with Crippen LogP contribution in [0.2, 0.25) is 0 Å². The van der Waals surface area contributed by atoms with Crippen LogP contribution in [0.25, 0.3) is 10.1 Å². The lowest BCUT2D eigenvalue weighted by molar-refractivity contribution is -0.137. The van der Waals surface area contributed by atoms with Crippen molar-refractivity contribution in [3.8, 4) is 0 Å². The van der Waals surface area contributed by atoms with Crippen LogP contribution in [0.3, 0.4) is 0 Å². The Morgan fingerprint density at radius 1 is 0.957 bits per heavy atom. The Labute approximate surface area is 273 Å². The van der Waals surface area contributed by atoms with Gasteiger partial charge in [-0.3, -0.25) is 19.2 Å². The van der Waals surface area contributed by atoms with Gasteiger partial charge in [-0.1, -0.05) is 56.9 Å². The van der Waals surface area contributed by atoms with E-state index in [-0.39, 0.29) is 42.2 Å². The van der Waals surface area contributed by atoms with E-state index in [4.69, 9.17) is 0 Å². The molecule has 0 unspecified atom stereocenters. The zero-order valence-electron chi connectivity index (χ0n) is 26.6. The van der Waals surface area contributed by atoms with Gasteiger partial charge in [0.1, 0.15) is 17.9 Å². The van der Waals surface area contributed by atoms with Gasteiger partial charge in [0.25, 0.3) is 5.91 Å². The summed E-state index contributed by atoms with van der Waals surface area (Å²) in [6.45, 7) is 4.34. The van der Waals surface area contributed by atoms with Crippen LogP contribution in [0, 0.1) is 11.7 Å². The summed E-state index contributed by atoms with van der Waals surface area (Å²) >= 11 is 1.48. The molecule has 9 nitrogen and oxygen atoms in total. The normalized spacial score (nSPS) is 17.6. The zero-order chi connectivity index (χ0) is 32.6. The number of fused-ring (bicyclic) bond motifs is 1. The van der Waals surface area contributed by atoms with Gasteiger partial charge in [-0.25, -0.2) is 4.39 Å². The van der Waals surface area contributed by atoms with E-state index in [1.807, 2.05) is 36.7 Å². The number of rotatable bonds is 10. The van der Waals surface area contributed by atoms with Crippen LogP contribution < -0.4 is 16.0 Å². The molecule has 1 aliphatic heterocycles. The Hall–Kier alpha value is -3.83. The van der Waals surface area contributed by atoms with Crippen LogP contribution in [-0.2, 0) is 20.8 Å². The Morgan fingerprint density at radius 3 is 2.37 bits per heavy atom. The molecule has 3 N–H and O–H groups in total. The van der Waals surface area contributed by atoms with Crippen molar-refractivity contribution in [1.82, 2.24) is 20.4 Å². The fourth-order valence-corrected chi connectivity index (χ4v) is 7.33. The van der Waals surface area contributed by atoms with Gasteiger partial charge in [0.2, 0.25) is 17.7 Å². The summed E-state index contributed by atoms with van der Waals surface area (Å²) in [6.07, 6.45) is 6.06. The molecule has 11 heteroatoms. The van der Waals surface area contributed by atoms with Crippen molar-refractivity contribution in [1.29, 1.82) is 0 Å². The van der Waals surface area contributed by atoms with Gasteiger partial charge in [0.05, 0.1) is 11.3 Å². The second kappa shape index (κ2) is 15.6. The van der Waals surface area contributed by atoms with E-state index in [1.54, 1.807) is 17.9 Å². The third kappa shape index (κ3) is 8.30. The zero-order valence-corrected chi connectivity index (χ0v) is 27.5. The van der Waals surface area contributed by atoms with Gasteiger partial charge in [-0.2, -0.15) is 0 Å². The molecule has 46 heavy (non-hydrogen) atoms. The topological polar surface area (TPSA) is 111 Å². The van der Waals surface area contributed by atoms with Crippen LogP contribution in [0.4, 0.5) is 10.1 Å². The molecular formula is C35H44FN5O4S. The molecule has 4 amide bonds. The highest BCUT2D eigenvalue weighted by Crippen LogP contribution is 2.29. The maximum atomic E-state index is 15.5. The Morgan fingerprint density at radius 2 is 1.67 bits per heavy atom. The van der Waals surface area contributed by atoms with Crippen LogP contribution in [-0.4, -0.2) is 78.7 Å². The number of thiophene rings is 1. The minimum Gasteiger partial charge on any atom is -0.344 e. The third-order valence-corrected chi connectivity index (χ3v) is 10.1. The summed E-state index contributed by atoms with van der Waals surface area (Å²) in [5.41, 5.74) is 1.05. The first-order chi connectivity index (χ1) is 22.2. The predicted molar refractivity (Wildman–Crippen MR) is 179 cm³/mol. The number of nitrogens with one attached hydrogen (secondary N) is 3.